The third-order valence-electron chi connectivity index (χ3n) is 2.57. The molecule has 0 saturated carbocycles. The normalized spacial score (nSPS) is 14.2. The van der Waals surface area contributed by atoms with E-state index < -0.39 is 0 Å². The van der Waals surface area contributed by atoms with E-state index >= 15 is 0 Å². The molecule has 0 aromatic heterocycles. The van der Waals surface area contributed by atoms with Crippen LogP contribution in [0.15, 0.2) is 0 Å². The van der Waals surface area contributed by atoms with Crippen molar-refractivity contribution in [1.29, 1.82) is 0 Å². The van der Waals surface area contributed by atoms with Gasteiger partial charge in [0.05, 0.1) is 32.5 Å². The molecule has 0 rings (SSSR count). The van der Waals surface area contributed by atoms with E-state index in [0.717, 1.165) is 6.54 Å². The van der Waals surface area contributed by atoms with Crippen LogP contribution in [0, 0.1) is 5.92 Å². The molecule has 0 amide bonds. The fourth-order valence-electron chi connectivity index (χ4n) is 1.40. The average Bonchev–Trinajstić information content (AvgIpc) is 2.25. The maximum atomic E-state index is 5.85. The Morgan fingerprint density at radius 1 is 1.00 bits per heavy atom. The van der Waals surface area contributed by atoms with Crippen LogP contribution in [0.2, 0.25) is 0 Å². The standard InChI is InChI=1S/C14H31NO3/c1-12(2)13(11-15-14(3,4)5)18-10-9-17-8-7-16-6/h12-13,15H,7-11H2,1-6H3. The molecule has 0 aliphatic heterocycles. The van der Waals surface area contributed by atoms with Crippen LogP contribution in [-0.2, 0) is 14.2 Å². The van der Waals surface area contributed by atoms with Crippen molar-refractivity contribution in [2.75, 3.05) is 40.1 Å². The predicted molar refractivity (Wildman–Crippen MR) is 75.0 cm³/mol. The van der Waals surface area contributed by atoms with Crippen molar-refractivity contribution in [3.8, 4) is 0 Å². The summed E-state index contributed by atoms with van der Waals surface area (Å²) < 4.78 is 16.1. The summed E-state index contributed by atoms with van der Waals surface area (Å²) in [6.07, 6.45) is 0.232. The van der Waals surface area contributed by atoms with E-state index in [1.54, 1.807) is 7.11 Å². The van der Waals surface area contributed by atoms with E-state index in [1.165, 1.54) is 0 Å². The second-order valence-electron chi connectivity index (χ2n) is 5.89. The molecule has 4 nitrogen and oxygen atoms in total. The molecule has 0 bridgehead atoms. The monoisotopic (exact) mass is 261 g/mol. The largest absolute Gasteiger partial charge is 0.382 e. The van der Waals surface area contributed by atoms with Gasteiger partial charge in [0, 0.05) is 19.2 Å². The van der Waals surface area contributed by atoms with Crippen molar-refractivity contribution in [2.24, 2.45) is 5.92 Å². The molecule has 110 valence electrons. The highest BCUT2D eigenvalue weighted by atomic mass is 16.5. The Morgan fingerprint density at radius 3 is 2.11 bits per heavy atom. The Hall–Kier alpha value is -0.160. The highest BCUT2D eigenvalue weighted by Crippen LogP contribution is 2.08. The topological polar surface area (TPSA) is 39.7 Å². The molecule has 0 aromatic carbocycles. The zero-order chi connectivity index (χ0) is 14.0. The van der Waals surface area contributed by atoms with Gasteiger partial charge in [-0.3, -0.25) is 0 Å². The van der Waals surface area contributed by atoms with Crippen LogP contribution in [0.25, 0.3) is 0 Å². The minimum atomic E-state index is 0.130. The summed E-state index contributed by atoms with van der Waals surface area (Å²) in [4.78, 5) is 0. The molecule has 0 aliphatic carbocycles. The number of hydrogen-bond acceptors (Lipinski definition) is 4. The zero-order valence-corrected chi connectivity index (χ0v) is 12.9. The maximum Gasteiger partial charge on any atom is 0.0723 e. The molecule has 1 N–H and O–H groups in total. The lowest BCUT2D eigenvalue weighted by Gasteiger charge is -2.27. The fraction of sp³-hybridized carbons (Fsp3) is 1.00. The first-order valence-corrected chi connectivity index (χ1v) is 6.80. The van der Waals surface area contributed by atoms with Crippen molar-refractivity contribution in [1.82, 2.24) is 5.32 Å². The number of hydrogen-bond donors (Lipinski definition) is 1. The Balaban J connectivity index is 3.71. The number of rotatable bonds is 10. The van der Waals surface area contributed by atoms with Crippen LogP contribution in [0.1, 0.15) is 34.6 Å². The summed E-state index contributed by atoms with van der Waals surface area (Å²) >= 11 is 0. The summed E-state index contributed by atoms with van der Waals surface area (Å²) in [6.45, 7) is 14.3. The van der Waals surface area contributed by atoms with E-state index in [2.05, 4.69) is 39.9 Å². The Kier molecular flexibility index (Phi) is 9.64. The minimum Gasteiger partial charge on any atom is -0.382 e. The quantitative estimate of drug-likeness (QED) is 0.611. The number of ether oxygens (including phenoxy) is 3. The van der Waals surface area contributed by atoms with Crippen LogP contribution in [0.4, 0.5) is 0 Å². The summed E-state index contributed by atoms with van der Waals surface area (Å²) in [6, 6.07) is 0. The van der Waals surface area contributed by atoms with E-state index in [-0.39, 0.29) is 11.6 Å². The molecule has 0 saturated heterocycles. The second-order valence-corrected chi connectivity index (χ2v) is 5.89. The van der Waals surface area contributed by atoms with Gasteiger partial charge in [-0.25, -0.2) is 0 Å². The second kappa shape index (κ2) is 9.73. The van der Waals surface area contributed by atoms with Gasteiger partial charge in [0.15, 0.2) is 0 Å². The lowest BCUT2D eigenvalue weighted by atomic mass is 10.0. The highest BCUT2D eigenvalue weighted by Gasteiger charge is 2.17. The minimum absolute atomic E-state index is 0.130. The van der Waals surface area contributed by atoms with Crippen molar-refractivity contribution in [3.05, 3.63) is 0 Å². The molecule has 0 radical (unpaired) electrons. The molecule has 0 aromatic rings. The molecule has 1 atom stereocenters. The third kappa shape index (κ3) is 11.0. The Bertz CT molecular complexity index is 190. The molecule has 1 unspecified atom stereocenters. The van der Waals surface area contributed by atoms with Gasteiger partial charge >= 0.3 is 0 Å². The summed E-state index contributed by atoms with van der Waals surface area (Å²) in [5.74, 6) is 0.499. The Morgan fingerprint density at radius 2 is 1.61 bits per heavy atom. The van der Waals surface area contributed by atoms with Crippen molar-refractivity contribution >= 4 is 0 Å². The summed E-state index contributed by atoms with van der Waals surface area (Å²) in [5, 5.41) is 3.48. The first-order chi connectivity index (χ1) is 8.37. The van der Waals surface area contributed by atoms with Crippen molar-refractivity contribution < 1.29 is 14.2 Å². The van der Waals surface area contributed by atoms with Crippen molar-refractivity contribution in [3.63, 3.8) is 0 Å². The summed E-state index contributed by atoms with van der Waals surface area (Å²) in [7, 11) is 1.67. The fourth-order valence-corrected chi connectivity index (χ4v) is 1.40. The molecule has 4 heteroatoms. The number of methoxy groups -OCH3 is 1. The molecule has 0 aliphatic rings. The van der Waals surface area contributed by atoms with Crippen LogP contribution in [0.5, 0.6) is 0 Å². The van der Waals surface area contributed by atoms with Gasteiger partial charge in [-0.2, -0.15) is 0 Å². The molecule has 18 heavy (non-hydrogen) atoms. The van der Waals surface area contributed by atoms with Crippen molar-refractivity contribution in [2.45, 2.75) is 46.3 Å². The van der Waals surface area contributed by atoms with Gasteiger partial charge in [0.2, 0.25) is 0 Å². The van der Waals surface area contributed by atoms with E-state index in [0.29, 0.717) is 32.3 Å². The smallest absolute Gasteiger partial charge is 0.0723 e. The van der Waals surface area contributed by atoms with Gasteiger partial charge < -0.3 is 19.5 Å². The van der Waals surface area contributed by atoms with E-state index in [1.807, 2.05) is 0 Å². The van der Waals surface area contributed by atoms with Crippen LogP contribution < -0.4 is 5.32 Å². The van der Waals surface area contributed by atoms with Gasteiger partial charge in [0.25, 0.3) is 0 Å². The molecular formula is C14H31NO3. The molecular weight excluding hydrogens is 230 g/mol. The maximum absolute atomic E-state index is 5.85. The molecule has 0 fully saturated rings. The van der Waals surface area contributed by atoms with Crippen LogP contribution in [-0.4, -0.2) is 51.7 Å². The Labute approximate surface area is 112 Å². The lowest BCUT2D eigenvalue weighted by molar-refractivity contribution is -0.0235. The van der Waals surface area contributed by atoms with Gasteiger partial charge in [0.1, 0.15) is 0 Å². The third-order valence-corrected chi connectivity index (χ3v) is 2.57. The van der Waals surface area contributed by atoms with Crippen LogP contribution >= 0.6 is 0 Å². The SMILES string of the molecule is COCCOCCOC(CNC(C)(C)C)C(C)C. The highest BCUT2D eigenvalue weighted by molar-refractivity contribution is 4.75. The van der Waals surface area contributed by atoms with Gasteiger partial charge in [-0.15, -0.1) is 0 Å². The van der Waals surface area contributed by atoms with E-state index in [4.69, 9.17) is 14.2 Å². The van der Waals surface area contributed by atoms with E-state index in [9.17, 15) is 0 Å². The average molecular weight is 261 g/mol. The van der Waals surface area contributed by atoms with Gasteiger partial charge in [-0.05, 0) is 26.7 Å². The molecule has 0 heterocycles. The number of nitrogens with one attached hydrogen (secondary N) is 1. The predicted octanol–water partition coefficient (Wildman–Crippen LogP) is 2.08. The van der Waals surface area contributed by atoms with Gasteiger partial charge in [-0.1, -0.05) is 13.8 Å². The summed E-state index contributed by atoms with van der Waals surface area (Å²) in [5.41, 5.74) is 0.130. The zero-order valence-electron chi connectivity index (χ0n) is 12.9. The van der Waals surface area contributed by atoms with Crippen LogP contribution in [0.3, 0.4) is 0 Å². The first kappa shape index (κ1) is 17.8. The molecule has 0 spiro atoms. The lowest BCUT2D eigenvalue weighted by Crippen LogP contribution is -2.43. The first-order valence-electron chi connectivity index (χ1n) is 6.80.